The predicted molar refractivity (Wildman–Crippen MR) is 61.9 cm³/mol. The number of alkyl halides is 8. The Morgan fingerprint density at radius 3 is 1.62 bits per heavy atom. The highest BCUT2D eigenvalue weighted by atomic mass is 19.4. The van der Waals surface area contributed by atoms with Crippen molar-refractivity contribution in [3.63, 3.8) is 0 Å². The summed E-state index contributed by atoms with van der Waals surface area (Å²) in [6.07, 6.45) is -6.87. The lowest BCUT2D eigenvalue weighted by molar-refractivity contribution is -0.413. The highest BCUT2D eigenvalue weighted by molar-refractivity contribution is 5.91. The van der Waals surface area contributed by atoms with E-state index in [0.717, 1.165) is 0 Å². The van der Waals surface area contributed by atoms with Crippen LogP contribution in [0.3, 0.4) is 0 Å². The van der Waals surface area contributed by atoms with E-state index in [9.17, 15) is 44.7 Å². The van der Waals surface area contributed by atoms with E-state index < -0.39 is 48.8 Å². The van der Waals surface area contributed by atoms with Gasteiger partial charge in [-0.2, -0.15) is 35.1 Å². The summed E-state index contributed by atoms with van der Waals surface area (Å²) in [5.74, 6) is -22.4. The molecule has 0 unspecified atom stereocenters. The summed E-state index contributed by atoms with van der Waals surface area (Å²) in [7, 11) is 0. The molecule has 0 aliphatic heterocycles. The Balaban J connectivity index is 5.23. The van der Waals surface area contributed by atoms with Crippen LogP contribution >= 0.6 is 0 Å². The van der Waals surface area contributed by atoms with Crippen LogP contribution in [0, 0.1) is 0 Å². The SMILES string of the molecule is CC(C)OC(=O)/C=C/C(=O)OC(F)(F)C(F)(F)C(F)(F)C(C)(F)F. The van der Waals surface area contributed by atoms with Crippen LogP contribution in [0.15, 0.2) is 12.2 Å². The molecule has 0 aromatic carbocycles. The monoisotopic (exact) mass is 372 g/mol. The van der Waals surface area contributed by atoms with Gasteiger partial charge in [0.05, 0.1) is 6.10 Å². The molecule has 0 heterocycles. The Morgan fingerprint density at radius 1 is 0.833 bits per heavy atom. The minimum Gasteiger partial charge on any atom is -0.460 e. The molecule has 0 bridgehead atoms. The Kier molecular flexibility index (Phi) is 6.39. The van der Waals surface area contributed by atoms with Gasteiger partial charge in [0.15, 0.2) is 0 Å². The first-order valence-corrected chi connectivity index (χ1v) is 6.08. The first kappa shape index (κ1) is 22.1. The van der Waals surface area contributed by atoms with Gasteiger partial charge in [-0.05, 0) is 13.8 Å². The van der Waals surface area contributed by atoms with E-state index in [1.807, 2.05) is 0 Å². The van der Waals surface area contributed by atoms with Crippen LogP contribution in [0.2, 0.25) is 0 Å². The van der Waals surface area contributed by atoms with Crippen molar-refractivity contribution in [2.24, 2.45) is 0 Å². The minimum atomic E-state index is -6.72. The maximum Gasteiger partial charge on any atom is 0.473 e. The highest BCUT2D eigenvalue weighted by Crippen LogP contribution is 2.52. The van der Waals surface area contributed by atoms with Gasteiger partial charge in [-0.3, -0.25) is 0 Å². The molecule has 140 valence electrons. The number of halogens is 8. The summed E-state index contributed by atoms with van der Waals surface area (Å²) in [5, 5.41) is 0. The Labute approximate surface area is 130 Å². The van der Waals surface area contributed by atoms with Crippen LogP contribution in [0.1, 0.15) is 20.8 Å². The van der Waals surface area contributed by atoms with E-state index in [1.165, 1.54) is 13.8 Å². The van der Waals surface area contributed by atoms with E-state index >= 15 is 0 Å². The summed E-state index contributed by atoms with van der Waals surface area (Å²) in [6, 6.07) is 0. The smallest absolute Gasteiger partial charge is 0.460 e. The van der Waals surface area contributed by atoms with Crippen LogP contribution in [-0.2, 0) is 19.1 Å². The second-order valence-corrected chi connectivity index (χ2v) is 4.79. The molecule has 0 saturated carbocycles. The molecule has 0 N–H and O–H groups in total. The van der Waals surface area contributed by atoms with Crippen molar-refractivity contribution < 1.29 is 54.2 Å². The van der Waals surface area contributed by atoms with E-state index in [2.05, 4.69) is 9.47 Å². The topological polar surface area (TPSA) is 52.6 Å². The molecule has 0 saturated heterocycles. The van der Waals surface area contributed by atoms with Gasteiger partial charge in [0.2, 0.25) is 0 Å². The zero-order valence-corrected chi connectivity index (χ0v) is 12.4. The highest BCUT2D eigenvalue weighted by Gasteiger charge is 2.81. The summed E-state index contributed by atoms with van der Waals surface area (Å²) in [5.41, 5.74) is 0. The fraction of sp³-hybridized carbons (Fsp3) is 0.667. The number of carbonyl (C=O) groups excluding carboxylic acids is 2. The lowest BCUT2D eigenvalue weighted by Gasteiger charge is -2.34. The van der Waals surface area contributed by atoms with Gasteiger partial charge in [0.1, 0.15) is 0 Å². The van der Waals surface area contributed by atoms with Gasteiger partial charge in [-0.25, -0.2) is 9.59 Å². The van der Waals surface area contributed by atoms with Crippen molar-refractivity contribution in [3.8, 4) is 0 Å². The average molecular weight is 372 g/mol. The minimum absolute atomic E-state index is 0.114. The molecule has 0 aliphatic carbocycles. The zero-order chi connectivity index (χ0) is 19.6. The van der Waals surface area contributed by atoms with Gasteiger partial charge in [0, 0.05) is 19.1 Å². The van der Waals surface area contributed by atoms with Gasteiger partial charge in [0.25, 0.3) is 0 Å². The third-order valence-corrected chi connectivity index (χ3v) is 2.25. The Bertz CT molecular complexity index is 508. The lowest BCUT2D eigenvalue weighted by Crippen LogP contribution is -2.62. The molecule has 0 fully saturated rings. The second kappa shape index (κ2) is 6.93. The number of esters is 2. The molecule has 0 atom stereocenters. The van der Waals surface area contributed by atoms with Gasteiger partial charge >= 0.3 is 35.8 Å². The molecule has 0 aliphatic rings. The number of carbonyl (C=O) groups is 2. The van der Waals surface area contributed by atoms with Crippen LogP contribution in [-0.4, -0.2) is 41.9 Å². The van der Waals surface area contributed by atoms with E-state index in [0.29, 0.717) is 0 Å². The van der Waals surface area contributed by atoms with Crippen molar-refractivity contribution in [1.29, 1.82) is 0 Å². The van der Waals surface area contributed by atoms with Crippen molar-refractivity contribution in [2.75, 3.05) is 0 Å². The molecule has 0 aromatic rings. The zero-order valence-electron chi connectivity index (χ0n) is 12.4. The maximum absolute atomic E-state index is 13.1. The van der Waals surface area contributed by atoms with Gasteiger partial charge < -0.3 is 9.47 Å². The maximum atomic E-state index is 13.1. The van der Waals surface area contributed by atoms with E-state index in [4.69, 9.17) is 0 Å². The predicted octanol–water partition coefficient (Wildman–Crippen LogP) is 3.56. The summed E-state index contributed by atoms with van der Waals surface area (Å²) >= 11 is 0. The van der Waals surface area contributed by atoms with Crippen LogP contribution < -0.4 is 0 Å². The number of hydrogen-bond donors (Lipinski definition) is 0. The first-order chi connectivity index (χ1) is 10.5. The normalized spacial score (nSPS) is 14.2. The van der Waals surface area contributed by atoms with Crippen LogP contribution in [0.5, 0.6) is 0 Å². The fourth-order valence-electron chi connectivity index (χ4n) is 1.09. The molecule has 0 rings (SSSR count). The number of ether oxygens (including phenoxy) is 2. The van der Waals surface area contributed by atoms with E-state index in [-0.39, 0.29) is 12.2 Å². The quantitative estimate of drug-likeness (QED) is 0.390. The Morgan fingerprint density at radius 2 is 1.25 bits per heavy atom. The Hall–Kier alpha value is -1.88. The molecule has 0 aromatic heterocycles. The molecule has 0 spiro atoms. The molecule has 4 nitrogen and oxygen atoms in total. The summed E-state index contributed by atoms with van der Waals surface area (Å²) in [4.78, 5) is 21.8. The van der Waals surface area contributed by atoms with Crippen molar-refractivity contribution in [1.82, 2.24) is 0 Å². The molecule has 0 radical (unpaired) electrons. The molecular formula is C12H12F8O4. The van der Waals surface area contributed by atoms with Crippen molar-refractivity contribution >= 4 is 11.9 Å². The van der Waals surface area contributed by atoms with Gasteiger partial charge in [-0.1, -0.05) is 0 Å². The largest absolute Gasteiger partial charge is 0.473 e. The molecular weight excluding hydrogens is 360 g/mol. The van der Waals surface area contributed by atoms with Gasteiger partial charge in [-0.15, -0.1) is 0 Å². The lowest BCUT2D eigenvalue weighted by atomic mass is 10.1. The third-order valence-electron chi connectivity index (χ3n) is 2.25. The van der Waals surface area contributed by atoms with E-state index in [1.54, 1.807) is 0 Å². The summed E-state index contributed by atoms with van der Waals surface area (Å²) in [6.45, 7) is 2.05. The molecule has 24 heavy (non-hydrogen) atoms. The fourth-order valence-corrected chi connectivity index (χ4v) is 1.09. The first-order valence-electron chi connectivity index (χ1n) is 6.08. The second-order valence-electron chi connectivity index (χ2n) is 4.79. The molecule has 0 amide bonds. The van der Waals surface area contributed by atoms with Crippen molar-refractivity contribution in [3.05, 3.63) is 12.2 Å². The van der Waals surface area contributed by atoms with Crippen LogP contribution in [0.25, 0.3) is 0 Å². The third kappa shape index (κ3) is 4.81. The standard InChI is InChI=1S/C12H12F8O4/c1-6(2)23-7(21)4-5-8(22)24-12(19,20)11(17,18)10(15,16)9(3,13)14/h4-6H,1-3H3/b5-4+. The number of hydrogen-bond acceptors (Lipinski definition) is 4. The van der Waals surface area contributed by atoms with Crippen LogP contribution in [0.4, 0.5) is 35.1 Å². The summed E-state index contributed by atoms with van der Waals surface area (Å²) < 4.78 is 110. The number of rotatable bonds is 7. The average Bonchev–Trinajstić information content (AvgIpc) is 2.33. The molecule has 12 heteroatoms. The van der Waals surface area contributed by atoms with Crippen molar-refractivity contribution in [2.45, 2.75) is 50.8 Å².